The van der Waals surface area contributed by atoms with E-state index in [0.717, 1.165) is 0 Å². The third-order valence-corrected chi connectivity index (χ3v) is 5.30. The molecule has 0 radical (unpaired) electrons. The van der Waals surface area contributed by atoms with Crippen LogP contribution in [-0.2, 0) is 9.53 Å². The van der Waals surface area contributed by atoms with Gasteiger partial charge in [0.15, 0.2) is 0 Å². The van der Waals surface area contributed by atoms with E-state index in [4.69, 9.17) is 16.3 Å². The molecule has 3 rings (SSSR count). The predicted molar refractivity (Wildman–Crippen MR) is 108 cm³/mol. The molecular formula is C21H21ClN2O5. The van der Waals surface area contributed by atoms with Crippen molar-refractivity contribution < 1.29 is 19.2 Å². The lowest BCUT2D eigenvalue weighted by Gasteiger charge is -2.31. The van der Waals surface area contributed by atoms with Crippen LogP contribution in [0.3, 0.4) is 0 Å². The van der Waals surface area contributed by atoms with Crippen molar-refractivity contribution in [2.45, 2.75) is 25.9 Å². The van der Waals surface area contributed by atoms with Gasteiger partial charge in [0, 0.05) is 35.8 Å². The first kappa shape index (κ1) is 20.8. The smallest absolute Gasteiger partial charge is 0.309 e. The van der Waals surface area contributed by atoms with Gasteiger partial charge >= 0.3 is 5.97 Å². The summed E-state index contributed by atoms with van der Waals surface area (Å²) < 4.78 is 5.52. The highest BCUT2D eigenvalue weighted by Gasteiger charge is 2.30. The molecule has 0 aliphatic carbocycles. The topological polar surface area (TPSA) is 89.8 Å². The molecule has 0 unspecified atom stereocenters. The van der Waals surface area contributed by atoms with Gasteiger partial charge in [-0.15, -0.1) is 0 Å². The van der Waals surface area contributed by atoms with Gasteiger partial charge in [-0.3, -0.25) is 19.7 Å². The number of hydrogen-bond acceptors (Lipinski definition) is 5. The van der Waals surface area contributed by atoms with Gasteiger partial charge in [0.25, 0.3) is 11.6 Å². The summed E-state index contributed by atoms with van der Waals surface area (Å²) in [7, 11) is 0. The van der Waals surface area contributed by atoms with Gasteiger partial charge < -0.3 is 9.64 Å². The van der Waals surface area contributed by atoms with Crippen LogP contribution in [0.25, 0.3) is 0 Å². The fourth-order valence-electron chi connectivity index (χ4n) is 3.32. The van der Waals surface area contributed by atoms with Gasteiger partial charge in [-0.05, 0) is 49.6 Å². The van der Waals surface area contributed by atoms with Crippen LogP contribution in [0.4, 0.5) is 5.69 Å². The van der Waals surface area contributed by atoms with E-state index in [9.17, 15) is 19.7 Å². The molecule has 0 bridgehead atoms. The molecule has 7 nitrogen and oxygen atoms in total. The highest BCUT2D eigenvalue weighted by molar-refractivity contribution is 6.30. The average molecular weight is 417 g/mol. The second kappa shape index (κ2) is 9.05. The van der Waals surface area contributed by atoms with Crippen LogP contribution in [-0.4, -0.2) is 34.8 Å². The lowest BCUT2D eigenvalue weighted by molar-refractivity contribution is -0.385. The number of halogens is 1. The van der Waals surface area contributed by atoms with Crippen molar-refractivity contribution in [3.63, 3.8) is 0 Å². The predicted octanol–water partition coefficient (Wildman–Crippen LogP) is 4.40. The zero-order valence-electron chi connectivity index (χ0n) is 15.9. The Morgan fingerprint density at radius 2 is 1.83 bits per heavy atom. The number of rotatable bonds is 5. The molecule has 8 heteroatoms. The molecule has 1 aliphatic heterocycles. The number of nitro groups is 1. The van der Waals surface area contributed by atoms with E-state index < -0.39 is 11.0 Å². The first-order valence-corrected chi connectivity index (χ1v) is 9.72. The summed E-state index contributed by atoms with van der Waals surface area (Å²) in [6.07, 6.45) is 0.441. The number of nitrogens with zero attached hydrogens (tertiary/aromatic N) is 2. The molecule has 2 aromatic carbocycles. The van der Waals surface area contributed by atoms with E-state index in [0.29, 0.717) is 42.1 Å². The molecule has 1 amide bonds. The maximum Gasteiger partial charge on any atom is 0.309 e. The molecular weight excluding hydrogens is 396 g/mol. The fourth-order valence-corrected chi connectivity index (χ4v) is 3.45. The largest absolute Gasteiger partial charge is 0.458 e. The van der Waals surface area contributed by atoms with Crippen molar-refractivity contribution in [1.82, 2.24) is 4.90 Å². The van der Waals surface area contributed by atoms with Gasteiger partial charge in [0.05, 0.1) is 10.8 Å². The summed E-state index contributed by atoms with van der Waals surface area (Å²) in [6.45, 7) is 2.62. The normalized spacial score (nSPS) is 15.6. The Hall–Kier alpha value is -2.93. The fraction of sp³-hybridized carbons (Fsp3) is 0.333. The zero-order chi connectivity index (χ0) is 21.0. The summed E-state index contributed by atoms with van der Waals surface area (Å²) in [5.41, 5.74) is 1.09. The van der Waals surface area contributed by atoms with Gasteiger partial charge in [0.1, 0.15) is 6.10 Å². The van der Waals surface area contributed by atoms with Crippen LogP contribution in [0.5, 0.6) is 0 Å². The lowest BCUT2D eigenvalue weighted by atomic mass is 9.96. The number of carbonyl (C=O) groups excluding carboxylic acids is 2. The van der Waals surface area contributed by atoms with E-state index in [1.165, 1.54) is 12.1 Å². The first-order valence-electron chi connectivity index (χ1n) is 9.35. The number of non-ortho nitro benzene ring substituents is 1. The lowest BCUT2D eigenvalue weighted by Crippen LogP contribution is -2.40. The van der Waals surface area contributed by atoms with Crippen LogP contribution in [0.2, 0.25) is 5.02 Å². The van der Waals surface area contributed by atoms with Crippen molar-refractivity contribution in [2.24, 2.45) is 5.92 Å². The summed E-state index contributed by atoms with van der Waals surface area (Å²) in [5.74, 6) is -0.730. The van der Waals surface area contributed by atoms with Gasteiger partial charge in [-0.25, -0.2) is 0 Å². The van der Waals surface area contributed by atoms with E-state index >= 15 is 0 Å². The monoisotopic (exact) mass is 416 g/mol. The Morgan fingerprint density at radius 3 is 2.45 bits per heavy atom. The molecule has 1 fully saturated rings. The third kappa shape index (κ3) is 5.12. The van der Waals surface area contributed by atoms with E-state index in [1.807, 2.05) is 0 Å². The SMILES string of the molecule is C[C@H](OC(=O)C1CCN(C(=O)c2ccc(Cl)cc2)CC1)c1cccc([N+](=O)[O-])c1. The highest BCUT2D eigenvalue weighted by Crippen LogP contribution is 2.26. The van der Waals surface area contributed by atoms with Crippen molar-refractivity contribution in [1.29, 1.82) is 0 Å². The Bertz CT molecular complexity index is 908. The number of likely N-dealkylation sites (tertiary alicyclic amines) is 1. The molecule has 1 atom stereocenters. The van der Waals surface area contributed by atoms with Crippen molar-refractivity contribution in [3.8, 4) is 0 Å². The van der Waals surface area contributed by atoms with Crippen molar-refractivity contribution in [3.05, 3.63) is 74.8 Å². The molecule has 29 heavy (non-hydrogen) atoms. The summed E-state index contributed by atoms with van der Waals surface area (Å²) in [6, 6.07) is 12.8. The number of esters is 1. The third-order valence-electron chi connectivity index (χ3n) is 5.05. The molecule has 152 valence electrons. The van der Waals surface area contributed by atoms with Crippen molar-refractivity contribution in [2.75, 3.05) is 13.1 Å². The number of hydrogen-bond donors (Lipinski definition) is 0. The van der Waals surface area contributed by atoms with Crippen LogP contribution in [0, 0.1) is 16.0 Å². The van der Waals surface area contributed by atoms with E-state index in [2.05, 4.69) is 0 Å². The van der Waals surface area contributed by atoms with Gasteiger partial charge in [-0.2, -0.15) is 0 Å². The van der Waals surface area contributed by atoms with Crippen molar-refractivity contribution >= 4 is 29.2 Å². The summed E-state index contributed by atoms with van der Waals surface area (Å²) in [5, 5.41) is 11.5. The molecule has 2 aromatic rings. The quantitative estimate of drug-likeness (QED) is 0.409. The maximum absolute atomic E-state index is 12.5. The summed E-state index contributed by atoms with van der Waals surface area (Å²) in [4.78, 5) is 37.2. The Labute approximate surface area is 173 Å². The van der Waals surface area contributed by atoms with E-state index in [-0.39, 0.29) is 23.5 Å². The number of nitro benzene ring substituents is 1. The second-order valence-corrected chi connectivity index (χ2v) is 7.44. The maximum atomic E-state index is 12.5. The molecule has 0 aromatic heterocycles. The number of carbonyl (C=O) groups is 2. The second-order valence-electron chi connectivity index (χ2n) is 7.00. The zero-order valence-corrected chi connectivity index (χ0v) is 16.7. The molecule has 1 heterocycles. The van der Waals surface area contributed by atoms with Crippen LogP contribution in [0.1, 0.15) is 41.8 Å². The standard InChI is InChI=1S/C21H21ClN2O5/c1-14(17-3-2-4-19(13-17)24(27)28)29-21(26)16-9-11-23(12-10-16)20(25)15-5-7-18(22)8-6-15/h2-8,13-14,16H,9-12H2,1H3/t14-/m0/s1. The number of piperidine rings is 1. The number of amides is 1. The van der Waals surface area contributed by atoms with Crippen LogP contribution in [0.15, 0.2) is 48.5 Å². The molecule has 0 spiro atoms. The minimum atomic E-state index is -0.587. The van der Waals surface area contributed by atoms with Crippen LogP contribution >= 0.6 is 11.6 Å². The molecule has 1 saturated heterocycles. The molecule has 0 saturated carbocycles. The highest BCUT2D eigenvalue weighted by atomic mass is 35.5. The summed E-state index contributed by atoms with van der Waals surface area (Å²) >= 11 is 5.86. The Kier molecular flexibility index (Phi) is 6.49. The van der Waals surface area contributed by atoms with Crippen LogP contribution < -0.4 is 0 Å². The average Bonchev–Trinajstić information content (AvgIpc) is 2.74. The van der Waals surface area contributed by atoms with Gasteiger partial charge in [0.2, 0.25) is 0 Å². The Balaban J connectivity index is 1.54. The minimum Gasteiger partial charge on any atom is -0.458 e. The van der Waals surface area contributed by atoms with E-state index in [1.54, 1.807) is 48.2 Å². The van der Waals surface area contributed by atoms with Gasteiger partial charge in [-0.1, -0.05) is 23.7 Å². The number of benzene rings is 2. The Morgan fingerprint density at radius 1 is 1.17 bits per heavy atom. The minimum absolute atomic E-state index is 0.0422. The molecule has 0 N–H and O–H groups in total. The number of ether oxygens (including phenoxy) is 1. The molecule has 1 aliphatic rings. The first-order chi connectivity index (χ1) is 13.8.